The fourth-order valence-corrected chi connectivity index (χ4v) is 14.1. The molecule has 0 unspecified atom stereocenters. The second-order valence-electron chi connectivity index (χ2n) is 21.1. The average molecular weight is 1000 g/mol. The zero-order valence-corrected chi connectivity index (χ0v) is 41.0. The van der Waals surface area contributed by atoms with Crippen molar-refractivity contribution in [2.75, 3.05) is 87.5 Å². The molecule has 378 valence electrons. The number of benzene rings is 3. The van der Waals surface area contributed by atoms with Crippen molar-refractivity contribution in [1.29, 1.82) is 0 Å². The highest BCUT2D eigenvalue weighted by Crippen LogP contribution is 2.54. The number of morpholine rings is 2. The van der Waals surface area contributed by atoms with E-state index in [1.165, 1.54) is 17.2 Å². The van der Waals surface area contributed by atoms with Gasteiger partial charge in [0, 0.05) is 80.8 Å². The van der Waals surface area contributed by atoms with Crippen LogP contribution >= 0.6 is 0 Å². The standard InChI is InChI=1S/C52H59N9O10S/c1-31-4-2-3-5-39(31)45-29-68-17-15-59(45)36-23-52(24-36)10-13-57(14-11-52)34-6-7-40(42(20-34)60-41-9-16-67-30-47(41)71-51-44(60)18-32-8-12-53-49(32)55-51)50(62)56-72(65,66)38-21-43(61(63)64)48-46(22-38)70-27-33(54-48)25-58-26-37-19-35(58)28-69-37/h2-8,12,18,20-22,33,35-37,41,45,47,54H,9-11,13-17,19,23-30H2,1H3,(H,53,55)(H,56,62)/t33-,35-,37-,41-,45-,47-/m0/s1. The van der Waals surface area contributed by atoms with Crippen molar-refractivity contribution in [2.24, 2.45) is 5.41 Å². The van der Waals surface area contributed by atoms with Gasteiger partial charge in [0.1, 0.15) is 24.0 Å². The maximum atomic E-state index is 14.8. The number of anilines is 4. The van der Waals surface area contributed by atoms with Gasteiger partial charge in [0.2, 0.25) is 5.88 Å². The monoisotopic (exact) mass is 1000 g/mol. The van der Waals surface area contributed by atoms with E-state index in [0.29, 0.717) is 74.4 Å². The van der Waals surface area contributed by atoms with E-state index in [2.05, 4.69) is 65.8 Å². The minimum absolute atomic E-state index is 0.0249. The number of nitro groups is 1. The van der Waals surface area contributed by atoms with Gasteiger partial charge in [0.15, 0.2) is 11.4 Å². The van der Waals surface area contributed by atoms with Crippen LogP contribution < -0.4 is 29.3 Å². The summed E-state index contributed by atoms with van der Waals surface area (Å²) in [5.41, 5.74) is 5.32. The highest BCUT2D eigenvalue weighted by atomic mass is 32.2. The van der Waals surface area contributed by atoms with Gasteiger partial charge in [-0.15, -0.1) is 0 Å². The van der Waals surface area contributed by atoms with Crippen molar-refractivity contribution in [2.45, 2.75) is 92.8 Å². The summed E-state index contributed by atoms with van der Waals surface area (Å²) in [5.74, 6) is -0.501. The Morgan fingerprint density at radius 1 is 0.958 bits per heavy atom. The summed E-state index contributed by atoms with van der Waals surface area (Å²) in [6.45, 7) is 9.18. The Bertz CT molecular complexity index is 3060. The maximum absolute atomic E-state index is 14.8. The van der Waals surface area contributed by atoms with Crippen LogP contribution in [0.25, 0.3) is 11.0 Å². The number of nitrogens with zero attached hydrogens (tertiary/aromatic N) is 6. The topological polar surface area (TPSA) is 206 Å². The molecule has 2 bridgehead atoms. The van der Waals surface area contributed by atoms with Crippen LogP contribution in [0.4, 0.5) is 28.4 Å². The molecule has 20 heteroatoms. The van der Waals surface area contributed by atoms with Crippen molar-refractivity contribution >= 4 is 55.4 Å². The minimum Gasteiger partial charge on any atom is -0.489 e. The molecule has 6 atom stereocenters. The number of piperidine rings is 1. The molecule has 1 spiro atoms. The highest BCUT2D eigenvalue weighted by Gasteiger charge is 2.50. The molecular weight excluding hydrogens is 943 g/mol. The van der Waals surface area contributed by atoms with Crippen molar-refractivity contribution in [3.8, 4) is 11.6 Å². The van der Waals surface area contributed by atoms with Gasteiger partial charge >= 0.3 is 0 Å². The summed E-state index contributed by atoms with van der Waals surface area (Å²) in [6.07, 6.45) is 7.43. The number of ether oxygens (including phenoxy) is 5. The number of hydrogen-bond acceptors (Lipinski definition) is 16. The van der Waals surface area contributed by atoms with Gasteiger partial charge in [-0.1, -0.05) is 24.3 Å². The minimum atomic E-state index is -4.70. The van der Waals surface area contributed by atoms with Crippen LogP contribution in [0.3, 0.4) is 0 Å². The first-order valence-corrected chi connectivity index (χ1v) is 26.9. The van der Waals surface area contributed by atoms with Gasteiger partial charge < -0.3 is 43.8 Å². The van der Waals surface area contributed by atoms with E-state index in [1.807, 2.05) is 30.5 Å². The summed E-state index contributed by atoms with van der Waals surface area (Å²) in [4.78, 5) is 43.8. The first kappa shape index (κ1) is 45.8. The van der Waals surface area contributed by atoms with Gasteiger partial charge in [-0.2, -0.15) is 4.98 Å². The van der Waals surface area contributed by atoms with Crippen LogP contribution in [-0.2, 0) is 24.2 Å². The third-order valence-corrected chi connectivity index (χ3v) is 18.2. The highest BCUT2D eigenvalue weighted by molar-refractivity contribution is 7.90. The second kappa shape index (κ2) is 17.9. The molecule has 72 heavy (non-hydrogen) atoms. The number of amides is 1. The van der Waals surface area contributed by atoms with E-state index < -0.39 is 37.5 Å². The largest absolute Gasteiger partial charge is 0.489 e. The number of sulfonamides is 1. The van der Waals surface area contributed by atoms with Crippen LogP contribution in [0.5, 0.6) is 11.6 Å². The second-order valence-corrected chi connectivity index (χ2v) is 22.8. The average Bonchev–Trinajstić information content (AvgIpc) is 4.15. The quantitative estimate of drug-likeness (QED) is 0.108. The van der Waals surface area contributed by atoms with Gasteiger partial charge in [-0.05, 0) is 92.3 Å². The number of likely N-dealkylation sites (tertiary alicyclic amines) is 1. The lowest BCUT2D eigenvalue weighted by Gasteiger charge is -2.57. The van der Waals surface area contributed by atoms with Crippen LogP contribution in [-0.4, -0.2) is 148 Å². The number of carbonyl (C=O) groups excluding carboxylic acids is 1. The molecule has 5 aromatic rings. The third kappa shape index (κ3) is 8.10. The summed E-state index contributed by atoms with van der Waals surface area (Å²) >= 11 is 0. The molecule has 6 fully saturated rings. The Morgan fingerprint density at radius 3 is 2.61 bits per heavy atom. The number of aryl methyl sites for hydroxylation is 1. The van der Waals surface area contributed by atoms with Crippen LogP contribution in [0.1, 0.15) is 66.1 Å². The summed E-state index contributed by atoms with van der Waals surface area (Å²) < 4.78 is 61.3. The molecule has 3 N–H and O–H groups in total. The number of rotatable bonds is 10. The molecule has 2 aromatic heterocycles. The Labute approximate surface area is 417 Å². The summed E-state index contributed by atoms with van der Waals surface area (Å²) in [7, 11) is -4.70. The van der Waals surface area contributed by atoms with Crippen molar-refractivity contribution in [3.05, 3.63) is 99.7 Å². The van der Waals surface area contributed by atoms with E-state index >= 15 is 0 Å². The predicted octanol–water partition coefficient (Wildman–Crippen LogP) is 6.05. The number of nitro benzene ring substituents is 1. The smallest absolute Gasteiger partial charge is 0.297 e. The normalized spacial score (nSPS) is 27.0. The zero-order chi connectivity index (χ0) is 48.9. The zero-order valence-electron chi connectivity index (χ0n) is 40.2. The van der Waals surface area contributed by atoms with Crippen molar-refractivity contribution in [3.63, 3.8) is 0 Å². The molecule has 8 aliphatic rings. The molecule has 3 aromatic carbocycles. The molecule has 0 radical (unpaired) electrons. The molecule has 19 nitrogen and oxygen atoms in total. The van der Waals surface area contributed by atoms with Crippen molar-refractivity contribution in [1.82, 2.24) is 24.5 Å². The number of pyridine rings is 1. The van der Waals surface area contributed by atoms with Gasteiger partial charge in [0.05, 0.1) is 71.7 Å². The van der Waals surface area contributed by atoms with Gasteiger partial charge in [-0.3, -0.25) is 24.7 Å². The Morgan fingerprint density at radius 2 is 1.81 bits per heavy atom. The summed E-state index contributed by atoms with van der Waals surface area (Å²) in [6, 6.07) is 20.9. The Hall–Kier alpha value is -6.03. The molecule has 5 saturated heterocycles. The molecule has 13 rings (SSSR count). The Balaban J connectivity index is 0.789. The van der Waals surface area contributed by atoms with Crippen LogP contribution in [0.15, 0.2) is 77.8 Å². The summed E-state index contributed by atoms with van der Waals surface area (Å²) in [5, 5.41) is 16.7. The lowest BCUT2D eigenvalue weighted by molar-refractivity contribution is -0.384. The van der Waals surface area contributed by atoms with Gasteiger partial charge in [-0.25, -0.2) is 13.1 Å². The fourth-order valence-electron chi connectivity index (χ4n) is 13.1. The SMILES string of the molecule is Cc1ccccc1[C@@H]1COCCN1C1CC2(CCN(c3ccc(C(=O)NS(=O)(=O)c4cc5c(c([N+](=O)[O-])c4)N[C@@H](CN4C[C@@H]6C[C@H]4CO6)CO5)c(N4c5cc6cc[nH]c6nc5O[C@H]5COCC[C@@H]54)c3)CC2)C1. The number of fused-ring (bicyclic) bond motifs is 6. The molecule has 1 aliphatic carbocycles. The Kier molecular flexibility index (Phi) is 11.4. The number of aromatic amines is 1. The first-order chi connectivity index (χ1) is 35.0. The van der Waals surface area contributed by atoms with E-state index in [0.717, 1.165) is 82.0 Å². The van der Waals surface area contributed by atoms with E-state index in [9.17, 15) is 23.3 Å². The molecule has 1 amide bonds. The molecule has 1 saturated carbocycles. The molecule has 7 aliphatic heterocycles. The number of carbonyl (C=O) groups is 1. The lowest BCUT2D eigenvalue weighted by Crippen LogP contribution is -2.58. The van der Waals surface area contributed by atoms with Crippen LogP contribution in [0, 0.1) is 22.5 Å². The molecule has 9 heterocycles. The van der Waals surface area contributed by atoms with Crippen LogP contribution in [0.2, 0.25) is 0 Å². The number of H-pyrrole nitrogens is 1. The van der Waals surface area contributed by atoms with E-state index in [4.69, 9.17) is 28.7 Å². The maximum Gasteiger partial charge on any atom is 0.297 e. The van der Waals surface area contributed by atoms with E-state index in [1.54, 1.807) is 6.07 Å². The molecular formula is C52H59N9O10S. The predicted molar refractivity (Wildman–Crippen MR) is 267 cm³/mol. The number of hydrogen-bond donors (Lipinski definition) is 3. The third-order valence-electron chi connectivity index (χ3n) is 16.8. The van der Waals surface area contributed by atoms with Gasteiger partial charge in [0.25, 0.3) is 21.6 Å². The lowest BCUT2D eigenvalue weighted by atomic mass is 9.59. The number of nitrogens with one attached hydrogen (secondary N) is 3. The first-order valence-electron chi connectivity index (χ1n) is 25.4. The van der Waals surface area contributed by atoms with E-state index in [-0.39, 0.29) is 53.3 Å². The van der Waals surface area contributed by atoms with Crippen molar-refractivity contribution < 1.29 is 41.8 Å². The number of aromatic nitrogens is 2. The fraction of sp³-hybridized carbons (Fsp3) is 0.500.